The first kappa shape index (κ1) is 14.2. The van der Waals surface area contributed by atoms with Crippen LogP contribution in [0.4, 0.5) is 0 Å². The minimum absolute atomic E-state index is 0.0683. The molecule has 6 nitrogen and oxygen atoms in total. The molecule has 1 heterocycles. The number of tetrazole rings is 1. The Bertz CT molecular complexity index is 611. The molecule has 1 N–H and O–H groups in total. The van der Waals surface area contributed by atoms with E-state index >= 15 is 0 Å². The Balaban J connectivity index is 2.38. The quantitative estimate of drug-likeness (QED) is 0.928. The maximum Gasteiger partial charge on any atom is 0.328 e. The van der Waals surface area contributed by atoms with E-state index < -0.39 is 12.0 Å². The van der Waals surface area contributed by atoms with Gasteiger partial charge in [-0.1, -0.05) is 45.0 Å². The van der Waals surface area contributed by atoms with Crippen LogP contribution in [0, 0.1) is 0 Å². The van der Waals surface area contributed by atoms with E-state index in [1.165, 1.54) is 10.2 Å². The van der Waals surface area contributed by atoms with Crippen LogP contribution in [0.2, 0.25) is 0 Å². The first-order valence-electron chi connectivity index (χ1n) is 6.42. The highest BCUT2D eigenvalue weighted by molar-refractivity contribution is 5.72. The molecular formula is C14H18N4O2. The summed E-state index contributed by atoms with van der Waals surface area (Å²) in [4.78, 5) is 11.1. The van der Waals surface area contributed by atoms with Gasteiger partial charge in [0.05, 0.1) is 0 Å². The van der Waals surface area contributed by atoms with Crippen LogP contribution in [0.5, 0.6) is 0 Å². The van der Waals surface area contributed by atoms with Crippen molar-refractivity contribution in [3.8, 4) is 11.4 Å². The largest absolute Gasteiger partial charge is 0.480 e. The third kappa shape index (κ3) is 2.68. The molecule has 0 fully saturated rings. The van der Waals surface area contributed by atoms with Gasteiger partial charge in [-0.3, -0.25) is 0 Å². The fraction of sp³-hybridized carbons (Fsp3) is 0.429. The lowest BCUT2D eigenvalue weighted by molar-refractivity contribution is -0.140. The van der Waals surface area contributed by atoms with Gasteiger partial charge in [0.25, 0.3) is 0 Å². The zero-order valence-electron chi connectivity index (χ0n) is 12.0. The van der Waals surface area contributed by atoms with Gasteiger partial charge in [-0.15, -0.1) is 5.10 Å². The lowest BCUT2D eigenvalue weighted by atomic mass is 9.87. The van der Waals surface area contributed by atoms with E-state index in [-0.39, 0.29) is 5.41 Å². The fourth-order valence-corrected chi connectivity index (χ4v) is 1.87. The topological polar surface area (TPSA) is 80.9 Å². The first-order chi connectivity index (χ1) is 9.30. The van der Waals surface area contributed by atoms with Gasteiger partial charge in [0.15, 0.2) is 11.9 Å². The second-order valence-corrected chi connectivity index (χ2v) is 5.79. The Labute approximate surface area is 117 Å². The molecular weight excluding hydrogens is 256 g/mol. The van der Waals surface area contributed by atoms with Gasteiger partial charge in [0.1, 0.15) is 0 Å². The van der Waals surface area contributed by atoms with Gasteiger partial charge in [0.2, 0.25) is 0 Å². The summed E-state index contributed by atoms with van der Waals surface area (Å²) in [7, 11) is 0. The van der Waals surface area contributed by atoms with E-state index in [9.17, 15) is 4.79 Å². The van der Waals surface area contributed by atoms with Crippen molar-refractivity contribution in [1.82, 2.24) is 20.2 Å². The van der Waals surface area contributed by atoms with E-state index in [1.807, 2.05) is 24.3 Å². The number of benzene rings is 1. The predicted octanol–water partition coefficient (Wildman–Crippen LogP) is 2.28. The lowest BCUT2D eigenvalue weighted by Gasteiger charge is -2.19. The van der Waals surface area contributed by atoms with E-state index in [0.717, 1.165) is 5.56 Å². The number of aromatic nitrogens is 4. The SMILES string of the molecule is CC(C(=O)O)n1nnnc1-c1ccc(C(C)(C)C)cc1. The standard InChI is InChI=1S/C14H18N4O2/c1-9(13(19)20)18-12(15-16-17-18)10-5-7-11(8-6-10)14(2,3)4/h5-9H,1-4H3,(H,19,20). The molecule has 2 aromatic rings. The third-order valence-electron chi connectivity index (χ3n) is 3.23. The molecule has 0 spiro atoms. The Morgan fingerprint density at radius 1 is 1.25 bits per heavy atom. The van der Waals surface area contributed by atoms with Crippen LogP contribution >= 0.6 is 0 Å². The van der Waals surface area contributed by atoms with E-state index in [0.29, 0.717) is 5.82 Å². The third-order valence-corrected chi connectivity index (χ3v) is 3.23. The average Bonchev–Trinajstić information content (AvgIpc) is 2.85. The summed E-state index contributed by atoms with van der Waals surface area (Å²) in [6.07, 6.45) is 0. The monoisotopic (exact) mass is 274 g/mol. The Morgan fingerprint density at radius 3 is 2.35 bits per heavy atom. The Hall–Kier alpha value is -2.24. The summed E-state index contributed by atoms with van der Waals surface area (Å²) in [6, 6.07) is 7.05. The Morgan fingerprint density at radius 2 is 1.85 bits per heavy atom. The van der Waals surface area contributed by atoms with Crippen LogP contribution in [0.25, 0.3) is 11.4 Å². The van der Waals surface area contributed by atoms with Gasteiger partial charge in [-0.25, -0.2) is 9.48 Å². The number of carboxylic acids is 1. The van der Waals surface area contributed by atoms with Crippen LogP contribution in [0.1, 0.15) is 39.3 Å². The van der Waals surface area contributed by atoms with Crippen LogP contribution in [0.15, 0.2) is 24.3 Å². The summed E-state index contributed by atoms with van der Waals surface area (Å²) in [6.45, 7) is 7.96. The van der Waals surface area contributed by atoms with Gasteiger partial charge in [0, 0.05) is 5.56 Å². The molecule has 1 atom stereocenters. The molecule has 6 heteroatoms. The number of nitrogens with zero attached hydrogens (tertiary/aromatic N) is 4. The van der Waals surface area contributed by atoms with Crippen molar-refractivity contribution in [2.45, 2.75) is 39.2 Å². The number of carbonyl (C=O) groups is 1. The molecule has 1 aromatic heterocycles. The number of aliphatic carboxylic acids is 1. The van der Waals surface area contributed by atoms with Crippen molar-refractivity contribution < 1.29 is 9.90 Å². The van der Waals surface area contributed by atoms with E-state index in [4.69, 9.17) is 5.11 Å². The maximum atomic E-state index is 11.1. The molecule has 0 saturated carbocycles. The fourth-order valence-electron chi connectivity index (χ4n) is 1.87. The van der Waals surface area contributed by atoms with Crippen molar-refractivity contribution in [1.29, 1.82) is 0 Å². The molecule has 20 heavy (non-hydrogen) atoms. The summed E-state index contributed by atoms with van der Waals surface area (Å²) in [5.41, 5.74) is 2.07. The van der Waals surface area contributed by atoms with Crippen molar-refractivity contribution in [2.75, 3.05) is 0 Å². The minimum Gasteiger partial charge on any atom is -0.480 e. The summed E-state index contributed by atoms with van der Waals surface area (Å²) in [5.74, 6) is -0.509. The highest BCUT2D eigenvalue weighted by Crippen LogP contribution is 2.25. The number of hydrogen-bond donors (Lipinski definition) is 1. The molecule has 0 saturated heterocycles. The van der Waals surface area contributed by atoms with E-state index in [1.54, 1.807) is 6.92 Å². The van der Waals surface area contributed by atoms with E-state index in [2.05, 4.69) is 36.3 Å². The zero-order chi connectivity index (χ0) is 14.9. The highest BCUT2D eigenvalue weighted by atomic mass is 16.4. The predicted molar refractivity (Wildman–Crippen MR) is 74.3 cm³/mol. The van der Waals surface area contributed by atoms with Crippen LogP contribution < -0.4 is 0 Å². The van der Waals surface area contributed by atoms with Crippen molar-refractivity contribution in [3.63, 3.8) is 0 Å². The van der Waals surface area contributed by atoms with Crippen molar-refractivity contribution in [3.05, 3.63) is 29.8 Å². The van der Waals surface area contributed by atoms with Gasteiger partial charge < -0.3 is 5.11 Å². The van der Waals surface area contributed by atoms with Crippen LogP contribution in [-0.4, -0.2) is 31.3 Å². The normalized spacial score (nSPS) is 13.2. The molecule has 0 amide bonds. The summed E-state index contributed by atoms with van der Waals surface area (Å²) >= 11 is 0. The number of rotatable bonds is 3. The molecule has 0 radical (unpaired) electrons. The molecule has 1 aromatic carbocycles. The minimum atomic E-state index is -0.968. The lowest BCUT2D eigenvalue weighted by Crippen LogP contribution is -2.18. The second kappa shape index (κ2) is 5.03. The van der Waals surface area contributed by atoms with Gasteiger partial charge in [-0.2, -0.15) is 0 Å². The number of hydrogen-bond acceptors (Lipinski definition) is 4. The van der Waals surface area contributed by atoms with Crippen LogP contribution in [0.3, 0.4) is 0 Å². The highest BCUT2D eigenvalue weighted by Gasteiger charge is 2.20. The molecule has 1 unspecified atom stereocenters. The van der Waals surface area contributed by atoms with Gasteiger partial charge >= 0.3 is 5.97 Å². The molecule has 0 aliphatic heterocycles. The molecule has 0 bridgehead atoms. The molecule has 2 rings (SSSR count). The molecule has 106 valence electrons. The smallest absolute Gasteiger partial charge is 0.328 e. The first-order valence-corrected chi connectivity index (χ1v) is 6.42. The molecule has 0 aliphatic rings. The van der Waals surface area contributed by atoms with Crippen molar-refractivity contribution in [2.24, 2.45) is 0 Å². The zero-order valence-corrected chi connectivity index (χ0v) is 12.0. The summed E-state index contributed by atoms with van der Waals surface area (Å²) < 4.78 is 1.31. The second-order valence-electron chi connectivity index (χ2n) is 5.79. The number of carboxylic acid groups (broad SMARTS) is 1. The van der Waals surface area contributed by atoms with Gasteiger partial charge in [-0.05, 0) is 28.3 Å². The Kier molecular flexibility index (Phi) is 3.57. The van der Waals surface area contributed by atoms with Crippen molar-refractivity contribution >= 4 is 5.97 Å². The van der Waals surface area contributed by atoms with Crippen LogP contribution in [-0.2, 0) is 10.2 Å². The maximum absolute atomic E-state index is 11.1. The average molecular weight is 274 g/mol. The molecule has 0 aliphatic carbocycles. The summed E-state index contributed by atoms with van der Waals surface area (Å²) in [5, 5.41) is 20.3.